The van der Waals surface area contributed by atoms with Crippen molar-refractivity contribution in [3.8, 4) is 34.5 Å². The number of hydrazone groups is 1. The zero-order valence-corrected chi connectivity index (χ0v) is 48.9. The molecule has 11 aromatic carbocycles. The Bertz CT molecular complexity index is 4420. The van der Waals surface area contributed by atoms with Crippen molar-refractivity contribution in [2.75, 3.05) is 25.7 Å². The topological polar surface area (TPSA) is 175 Å². The second kappa shape index (κ2) is 28.0. The molecule has 14 heteroatoms. The highest BCUT2D eigenvalue weighted by molar-refractivity contribution is 14.1. The van der Waals surface area contributed by atoms with Gasteiger partial charge in [-0.25, -0.2) is 4.98 Å². The highest BCUT2D eigenvalue weighted by Gasteiger charge is 2.13. The summed E-state index contributed by atoms with van der Waals surface area (Å²) in [6.45, 7) is 5.23. The number of aryl methyl sites for hydroxylation is 2. The van der Waals surface area contributed by atoms with Crippen molar-refractivity contribution < 1.29 is 29.5 Å². The van der Waals surface area contributed by atoms with Gasteiger partial charge >= 0.3 is 0 Å². The second-order valence-electron chi connectivity index (χ2n) is 19.4. The first kappa shape index (κ1) is 57.8. The number of aromatic nitrogens is 1. The Morgan fingerprint density at radius 1 is 0.494 bits per heavy atom. The molecule has 0 amide bonds. The first-order valence-corrected chi connectivity index (χ1v) is 28.3. The van der Waals surface area contributed by atoms with Gasteiger partial charge < -0.3 is 29.5 Å². The van der Waals surface area contributed by atoms with Gasteiger partial charge in [0.15, 0.2) is 11.5 Å². The number of phenolic OH excluding ortho intramolecular Hbond substituents is 3. The molecular formula is C71H58IN7O6. The van der Waals surface area contributed by atoms with Crippen LogP contribution in [0.5, 0.6) is 34.5 Å². The predicted molar refractivity (Wildman–Crippen MR) is 354 cm³/mol. The normalized spacial score (nSPS) is 11.8. The first-order valence-electron chi connectivity index (χ1n) is 27.2. The molecule has 1 aliphatic heterocycles. The summed E-state index contributed by atoms with van der Waals surface area (Å²) in [7, 11) is 1.69. The van der Waals surface area contributed by atoms with Gasteiger partial charge in [0.25, 0.3) is 0 Å². The number of fused-ring (bicyclic) bond motifs is 5. The molecule has 0 aliphatic carbocycles. The van der Waals surface area contributed by atoms with E-state index in [1.54, 1.807) is 56.1 Å². The van der Waals surface area contributed by atoms with Crippen LogP contribution in [0.25, 0.3) is 43.1 Å². The average molecular weight is 1230 g/mol. The molecule has 0 radical (unpaired) electrons. The lowest BCUT2D eigenvalue weighted by atomic mass is 10.0. The van der Waals surface area contributed by atoms with Crippen molar-refractivity contribution in [3.63, 3.8) is 0 Å². The first-order chi connectivity index (χ1) is 41.6. The Morgan fingerprint density at radius 2 is 1.04 bits per heavy atom. The molecular weight excluding hydrogens is 1170 g/mol. The second-order valence-corrected chi connectivity index (χ2v) is 20.6. The Balaban J connectivity index is 0.000000126. The maximum Gasteiger partial charge on any atom is 0.163 e. The predicted octanol–water partition coefficient (Wildman–Crippen LogP) is 18.2. The van der Waals surface area contributed by atoms with E-state index in [9.17, 15) is 15.3 Å². The van der Waals surface area contributed by atoms with Gasteiger partial charge in [-0.1, -0.05) is 140 Å². The molecule has 0 atom stereocenters. The summed E-state index contributed by atoms with van der Waals surface area (Å²) in [6.07, 6.45) is 6.92. The number of benzene rings is 11. The lowest BCUT2D eigenvalue weighted by Crippen LogP contribution is -2.14. The number of anilines is 1. The van der Waals surface area contributed by atoms with Crippen LogP contribution < -0.4 is 19.6 Å². The number of nitrogens with one attached hydrogen (secondary N) is 1. The number of phenols is 3. The fraction of sp³-hybridized carbons (Fsp3) is 0.0704. The van der Waals surface area contributed by atoms with Crippen LogP contribution in [0.2, 0.25) is 0 Å². The summed E-state index contributed by atoms with van der Waals surface area (Å²) < 4.78 is 17.7. The van der Waals surface area contributed by atoms with Gasteiger partial charge in [0, 0.05) is 50.3 Å². The smallest absolute Gasteiger partial charge is 0.163 e. The maximum absolute atomic E-state index is 10.1. The van der Waals surface area contributed by atoms with Gasteiger partial charge in [0.05, 0.1) is 30.4 Å². The molecule has 0 fully saturated rings. The zero-order valence-electron chi connectivity index (χ0n) is 46.7. The van der Waals surface area contributed by atoms with Crippen molar-refractivity contribution in [3.05, 3.63) is 262 Å². The molecule has 4 N–H and O–H groups in total. The van der Waals surface area contributed by atoms with Crippen LogP contribution in [0.1, 0.15) is 27.8 Å². The van der Waals surface area contributed by atoms with E-state index in [2.05, 4.69) is 104 Å². The molecule has 1 aromatic heterocycles. The average Bonchev–Trinajstić information content (AvgIpc) is 3.74. The summed E-state index contributed by atoms with van der Waals surface area (Å²) in [5, 5.41) is 51.0. The number of hydrogen-bond donors (Lipinski definition) is 4. The van der Waals surface area contributed by atoms with Crippen molar-refractivity contribution in [1.29, 1.82) is 0 Å². The molecule has 420 valence electrons. The number of hydrogen-bond acceptors (Lipinski definition) is 13. The number of pyridine rings is 1. The third-order valence-corrected chi connectivity index (χ3v) is 14.3. The molecule has 0 bridgehead atoms. The van der Waals surface area contributed by atoms with Crippen LogP contribution in [0.3, 0.4) is 0 Å². The quantitative estimate of drug-likeness (QED) is 0.0453. The zero-order chi connectivity index (χ0) is 58.9. The minimum absolute atomic E-state index is 0.102. The summed E-state index contributed by atoms with van der Waals surface area (Å²) in [5.41, 5.74) is 10.6. The van der Waals surface area contributed by atoms with Gasteiger partial charge in [-0.2, -0.15) is 10.2 Å². The lowest BCUT2D eigenvalue weighted by Gasteiger charge is -2.17. The van der Waals surface area contributed by atoms with Gasteiger partial charge in [-0.05, 0) is 164 Å². The number of aromatic hydroxyl groups is 3. The number of rotatable bonds is 10. The Hall–Kier alpha value is -10.5. The van der Waals surface area contributed by atoms with E-state index in [4.69, 9.17) is 19.2 Å². The van der Waals surface area contributed by atoms with Crippen LogP contribution in [0, 0.1) is 17.4 Å². The number of ether oxygens (including phenoxy) is 3. The molecule has 0 saturated carbocycles. The van der Waals surface area contributed by atoms with Crippen LogP contribution in [0.4, 0.5) is 28.6 Å². The monoisotopic (exact) mass is 1230 g/mol. The van der Waals surface area contributed by atoms with Crippen LogP contribution >= 0.6 is 22.6 Å². The number of aliphatic imine (C=N–C) groups is 2. The summed E-state index contributed by atoms with van der Waals surface area (Å²) in [5.74, 6) is 3.42. The molecule has 1 aliphatic rings. The van der Waals surface area contributed by atoms with E-state index in [0.29, 0.717) is 47.5 Å². The van der Waals surface area contributed by atoms with Gasteiger partial charge in [0.2, 0.25) is 0 Å². The molecule has 12 aromatic rings. The van der Waals surface area contributed by atoms with E-state index in [-0.39, 0.29) is 17.2 Å². The van der Waals surface area contributed by atoms with Crippen molar-refractivity contribution >= 4 is 113 Å². The minimum Gasteiger partial charge on any atom is -0.507 e. The van der Waals surface area contributed by atoms with E-state index in [1.807, 2.05) is 164 Å². The summed E-state index contributed by atoms with van der Waals surface area (Å²) >= 11 is 2.26. The largest absolute Gasteiger partial charge is 0.507 e. The molecule has 0 unspecified atom stereocenters. The van der Waals surface area contributed by atoms with Crippen LogP contribution in [-0.4, -0.2) is 59.3 Å². The number of nitrogens with zero attached hydrogens (tertiary/aromatic N) is 6. The van der Waals surface area contributed by atoms with E-state index >= 15 is 0 Å². The fourth-order valence-electron chi connectivity index (χ4n) is 9.23. The molecule has 13 rings (SSSR count). The SMILES string of the molecule is COc1ccc2ccccc2c1C=Nc1cc(C)ccc1C.Oc1ccc2ccccc2c1/C=N/Nc1ccccn1.Oc1ccc2ccccc2c1C=Nc1ccc(I)cc1.Oc1ccc2ccccc2c1N=Nc1ccc2c(c1)OCCO2. The number of halogens is 1. The number of azo groups is 1. The Labute approximate surface area is 505 Å². The van der Waals surface area contributed by atoms with E-state index in [0.717, 1.165) is 66.0 Å². The van der Waals surface area contributed by atoms with Crippen molar-refractivity contribution in [1.82, 2.24) is 4.98 Å². The van der Waals surface area contributed by atoms with Crippen molar-refractivity contribution in [2.24, 2.45) is 25.3 Å². The summed E-state index contributed by atoms with van der Waals surface area (Å²) in [4.78, 5) is 13.2. The third kappa shape index (κ3) is 14.8. The Morgan fingerprint density at radius 3 is 1.67 bits per heavy atom. The van der Waals surface area contributed by atoms with Crippen LogP contribution in [0.15, 0.2) is 256 Å². The molecule has 13 nitrogen and oxygen atoms in total. The number of methoxy groups -OCH3 is 1. The van der Waals surface area contributed by atoms with E-state index < -0.39 is 0 Å². The van der Waals surface area contributed by atoms with Crippen LogP contribution in [-0.2, 0) is 0 Å². The summed E-state index contributed by atoms with van der Waals surface area (Å²) in [6, 6.07) is 71.7. The molecule has 2 heterocycles. The molecule has 0 saturated heterocycles. The standard InChI is InChI=1S/C20H19NO.C18H14N2O3.C17H12INO.C16H13N3O/c1-14-8-9-15(2)19(12-14)21-13-18-17-7-5-4-6-16(17)10-11-20(18)22-3;21-15-7-5-12-3-1-2-4-14(12)18(15)20-19-13-6-8-16-17(11-13)23-10-9-22-16;18-13-6-8-14(9-7-13)19-11-16-15-4-2-1-3-12(15)5-10-17(16)20;20-15-9-8-12-5-1-2-6-13(12)14(15)11-18-19-16-7-3-4-10-17-16/h4-13H,1-3H3;1-8,11,21H,9-10H2;1-11,20H;1-11,20H,(H,17,19)/b;;;18-11+. The third-order valence-electron chi connectivity index (χ3n) is 13.6. The van der Waals surface area contributed by atoms with Gasteiger partial charge in [-0.3, -0.25) is 15.4 Å². The minimum atomic E-state index is 0.102. The lowest BCUT2D eigenvalue weighted by molar-refractivity contribution is 0.171. The van der Waals surface area contributed by atoms with Crippen molar-refractivity contribution in [2.45, 2.75) is 13.8 Å². The Kier molecular flexibility index (Phi) is 19.0. The van der Waals surface area contributed by atoms with E-state index in [1.165, 1.54) is 20.1 Å². The highest BCUT2D eigenvalue weighted by atomic mass is 127. The van der Waals surface area contributed by atoms with Gasteiger partial charge in [-0.15, -0.1) is 5.11 Å². The highest BCUT2D eigenvalue weighted by Crippen LogP contribution is 2.39. The molecule has 85 heavy (non-hydrogen) atoms. The maximum atomic E-state index is 10.1. The fourth-order valence-corrected chi connectivity index (χ4v) is 9.59. The molecule has 0 spiro atoms. The van der Waals surface area contributed by atoms with Gasteiger partial charge in [0.1, 0.15) is 47.7 Å².